The Labute approximate surface area is 77.6 Å². The summed E-state index contributed by atoms with van der Waals surface area (Å²) in [5.41, 5.74) is 0. The van der Waals surface area contributed by atoms with Crippen LogP contribution in [-0.2, 0) is 0 Å². The molecule has 3 heteroatoms. The average Bonchev–Trinajstić information content (AvgIpc) is 2.30. The van der Waals surface area contributed by atoms with Gasteiger partial charge in [0.1, 0.15) is 8.24 Å². The van der Waals surface area contributed by atoms with Crippen LogP contribution < -0.4 is 0 Å². The lowest BCUT2D eigenvalue weighted by Gasteiger charge is -2.30. The summed E-state index contributed by atoms with van der Waals surface area (Å²) in [5, 5.41) is 0. The molecule has 1 rings (SSSR count). The fraction of sp³-hybridized carbons (Fsp3) is 1.00. The quantitative estimate of drug-likeness (QED) is 0.607. The first-order valence-electron chi connectivity index (χ1n) is 4.90. The van der Waals surface area contributed by atoms with Crippen LogP contribution >= 0.6 is 0 Å². The fourth-order valence-electron chi connectivity index (χ4n) is 1.58. The molecule has 0 aromatic heterocycles. The van der Waals surface area contributed by atoms with E-state index in [2.05, 4.69) is 43.0 Å². The van der Waals surface area contributed by atoms with Gasteiger partial charge in [0.2, 0.25) is 0 Å². The van der Waals surface area contributed by atoms with E-state index in [1.165, 1.54) is 19.8 Å². The molecule has 0 N–H and O–H groups in total. The SMILES string of the molecule is CC(C)N1CCN([Si](C)(C)C)C1. The Kier molecular flexibility index (Phi) is 2.96. The van der Waals surface area contributed by atoms with Gasteiger partial charge in [0.05, 0.1) is 0 Å². The normalized spacial score (nSPS) is 22.5. The Morgan fingerprint density at radius 1 is 1.08 bits per heavy atom. The third-order valence-electron chi connectivity index (χ3n) is 2.69. The highest BCUT2D eigenvalue weighted by atomic mass is 28.3. The zero-order valence-corrected chi connectivity index (χ0v) is 10.1. The Hall–Kier alpha value is 0.137. The third-order valence-corrected chi connectivity index (χ3v) is 4.95. The highest BCUT2D eigenvalue weighted by molar-refractivity contribution is 6.73. The van der Waals surface area contributed by atoms with Gasteiger partial charge in [-0.2, -0.15) is 0 Å². The molecule has 0 bridgehead atoms. The zero-order valence-electron chi connectivity index (χ0n) is 9.09. The highest BCUT2D eigenvalue weighted by Gasteiger charge is 2.30. The van der Waals surface area contributed by atoms with Crippen molar-refractivity contribution in [2.45, 2.75) is 39.5 Å². The minimum absolute atomic E-state index is 0.714. The summed E-state index contributed by atoms with van der Waals surface area (Å²) in [7, 11) is -1.02. The monoisotopic (exact) mass is 186 g/mol. The van der Waals surface area contributed by atoms with Gasteiger partial charge in [-0.15, -0.1) is 0 Å². The Morgan fingerprint density at radius 2 is 1.67 bits per heavy atom. The highest BCUT2D eigenvalue weighted by Crippen LogP contribution is 2.16. The van der Waals surface area contributed by atoms with Crippen LogP contribution in [0.15, 0.2) is 0 Å². The maximum atomic E-state index is 2.67. The minimum atomic E-state index is -1.02. The summed E-state index contributed by atoms with van der Waals surface area (Å²) in [6, 6.07) is 0.714. The first kappa shape index (κ1) is 10.2. The molecular weight excluding hydrogens is 164 g/mol. The Balaban J connectivity index is 2.46. The van der Waals surface area contributed by atoms with Crippen LogP contribution in [0.3, 0.4) is 0 Å². The van der Waals surface area contributed by atoms with Crippen LogP contribution in [0.2, 0.25) is 19.6 Å². The molecule has 0 aromatic carbocycles. The van der Waals surface area contributed by atoms with Crippen molar-refractivity contribution in [3.8, 4) is 0 Å². The van der Waals surface area contributed by atoms with Crippen molar-refractivity contribution in [2.24, 2.45) is 0 Å². The smallest absolute Gasteiger partial charge is 0.120 e. The molecule has 0 radical (unpaired) electrons. The van der Waals surface area contributed by atoms with Gasteiger partial charge in [0.25, 0.3) is 0 Å². The number of hydrogen-bond acceptors (Lipinski definition) is 2. The molecule has 0 aromatic rings. The summed E-state index contributed by atoms with van der Waals surface area (Å²) in [6.07, 6.45) is 0. The van der Waals surface area contributed by atoms with E-state index < -0.39 is 8.24 Å². The van der Waals surface area contributed by atoms with E-state index in [1.54, 1.807) is 0 Å². The zero-order chi connectivity index (χ0) is 9.35. The lowest BCUT2D eigenvalue weighted by molar-refractivity contribution is 0.249. The second-order valence-corrected chi connectivity index (χ2v) is 9.96. The first-order valence-corrected chi connectivity index (χ1v) is 8.35. The van der Waals surface area contributed by atoms with Gasteiger partial charge < -0.3 is 4.57 Å². The van der Waals surface area contributed by atoms with E-state index in [-0.39, 0.29) is 0 Å². The van der Waals surface area contributed by atoms with E-state index in [4.69, 9.17) is 0 Å². The van der Waals surface area contributed by atoms with Crippen molar-refractivity contribution in [1.29, 1.82) is 0 Å². The van der Waals surface area contributed by atoms with Gasteiger partial charge >= 0.3 is 0 Å². The maximum Gasteiger partial charge on any atom is 0.120 e. The molecule has 2 nitrogen and oxygen atoms in total. The molecule has 12 heavy (non-hydrogen) atoms. The third kappa shape index (κ3) is 2.31. The van der Waals surface area contributed by atoms with E-state index in [1.807, 2.05) is 0 Å². The average molecular weight is 186 g/mol. The van der Waals surface area contributed by atoms with Gasteiger partial charge in [-0.1, -0.05) is 19.6 Å². The standard InChI is InChI=1S/C9H22N2Si/c1-9(2)10-6-7-11(8-10)12(3,4)5/h9H,6-8H2,1-5H3. The molecule has 0 amide bonds. The predicted molar refractivity (Wildman–Crippen MR) is 56.8 cm³/mol. The van der Waals surface area contributed by atoms with E-state index in [9.17, 15) is 0 Å². The predicted octanol–water partition coefficient (Wildman–Crippen LogP) is 1.80. The molecule has 1 saturated heterocycles. The van der Waals surface area contributed by atoms with Gasteiger partial charge in [-0.3, -0.25) is 4.90 Å². The van der Waals surface area contributed by atoms with Crippen molar-refractivity contribution in [3.63, 3.8) is 0 Å². The van der Waals surface area contributed by atoms with Crippen LogP contribution in [0, 0.1) is 0 Å². The molecule has 1 heterocycles. The molecule has 0 atom stereocenters. The van der Waals surface area contributed by atoms with Gasteiger partial charge in [-0.25, -0.2) is 0 Å². The van der Waals surface area contributed by atoms with E-state index in [0.29, 0.717) is 6.04 Å². The lowest BCUT2D eigenvalue weighted by atomic mass is 10.3. The fourth-order valence-corrected chi connectivity index (χ4v) is 2.96. The largest absolute Gasteiger partial charge is 0.311 e. The summed E-state index contributed by atoms with van der Waals surface area (Å²) in [6.45, 7) is 15.6. The van der Waals surface area contributed by atoms with Crippen LogP contribution in [0.1, 0.15) is 13.8 Å². The van der Waals surface area contributed by atoms with E-state index >= 15 is 0 Å². The van der Waals surface area contributed by atoms with Gasteiger partial charge in [0.15, 0.2) is 0 Å². The molecule has 72 valence electrons. The summed E-state index contributed by atoms with van der Waals surface area (Å²) in [5.74, 6) is 0. The van der Waals surface area contributed by atoms with Crippen molar-refractivity contribution < 1.29 is 0 Å². The molecule has 0 aliphatic carbocycles. The lowest BCUT2D eigenvalue weighted by Crippen LogP contribution is -2.45. The molecule has 0 unspecified atom stereocenters. The second kappa shape index (κ2) is 3.48. The molecule has 1 fully saturated rings. The summed E-state index contributed by atoms with van der Waals surface area (Å²) < 4.78 is 2.67. The minimum Gasteiger partial charge on any atom is -0.311 e. The molecule has 1 aliphatic heterocycles. The second-order valence-electron chi connectivity index (χ2n) is 4.98. The molecular formula is C9H22N2Si. The Bertz CT molecular complexity index is 151. The van der Waals surface area contributed by atoms with Crippen LogP contribution in [0.5, 0.6) is 0 Å². The van der Waals surface area contributed by atoms with Crippen LogP contribution in [0.25, 0.3) is 0 Å². The van der Waals surface area contributed by atoms with Crippen LogP contribution in [-0.4, -0.2) is 43.5 Å². The number of rotatable bonds is 2. The molecule has 1 aliphatic rings. The molecule has 0 spiro atoms. The van der Waals surface area contributed by atoms with Gasteiger partial charge in [-0.05, 0) is 13.8 Å². The Morgan fingerprint density at radius 3 is 1.92 bits per heavy atom. The topological polar surface area (TPSA) is 6.48 Å². The van der Waals surface area contributed by atoms with Crippen molar-refractivity contribution in [3.05, 3.63) is 0 Å². The van der Waals surface area contributed by atoms with Crippen molar-refractivity contribution >= 4 is 8.24 Å². The summed E-state index contributed by atoms with van der Waals surface area (Å²) >= 11 is 0. The van der Waals surface area contributed by atoms with Crippen molar-refractivity contribution in [1.82, 2.24) is 9.47 Å². The number of hydrogen-bond donors (Lipinski definition) is 0. The van der Waals surface area contributed by atoms with Crippen molar-refractivity contribution in [2.75, 3.05) is 19.8 Å². The van der Waals surface area contributed by atoms with Crippen LogP contribution in [0.4, 0.5) is 0 Å². The number of nitrogens with zero attached hydrogens (tertiary/aromatic N) is 2. The first-order chi connectivity index (χ1) is 5.41. The van der Waals surface area contributed by atoms with E-state index in [0.717, 1.165) is 0 Å². The summed E-state index contributed by atoms with van der Waals surface area (Å²) in [4.78, 5) is 2.55. The van der Waals surface area contributed by atoms with Gasteiger partial charge in [0, 0.05) is 25.8 Å². The molecule has 0 saturated carbocycles. The maximum absolute atomic E-state index is 2.67.